The van der Waals surface area contributed by atoms with Gasteiger partial charge in [-0.25, -0.2) is 0 Å². The predicted molar refractivity (Wildman–Crippen MR) is 236 cm³/mol. The third kappa shape index (κ3) is 12.4. The highest BCUT2D eigenvalue weighted by molar-refractivity contribution is 6.90. The van der Waals surface area contributed by atoms with Crippen LogP contribution in [0.1, 0.15) is 143 Å². The van der Waals surface area contributed by atoms with Crippen LogP contribution < -0.4 is 0 Å². The monoisotopic (exact) mass is 797 g/mol. The third-order valence-electron chi connectivity index (χ3n) is 14.1. The zero-order chi connectivity index (χ0) is 41.1. The van der Waals surface area contributed by atoms with Gasteiger partial charge >= 0.3 is 5.97 Å². The van der Waals surface area contributed by atoms with Crippen LogP contribution in [0, 0.1) is 29.2 Å². The lowest BCUT2D eigenvalue weighted by Gasteiger charge is -2.47. The van der Waals surface area contributed by atoms with E-state index in [9.17, 15) is 4.79 Å². The van der Waals surface area contributed by atoms with Gasteiger partial charge in [-0.05, 0) is 103 Å². The Hall–Kier alpha value is -0.222. The van der Waals surface area contributed by atoms with Crippen LogP contribution in [0.5, 0.6) is 0 Å². The van der Waals surface area contributed by atoms with Crippen LogP contribution in [-0.2, 0) is 22.8 Å². The standard InChI is InChI=1S/C43H88O5Si4/c1-31(2)52(32(3)4,33(5)6)29-27-37(48-51(22,23)43(15,16)17)35(8)39-38(40(44)46-39)34(7)30-36(47-50(20,21)42(12,13)14)26-24-25-28-45-49(18,19)41(9,10)11/h31-39H,24-26,28,30H2,1-23H3/t34-,35+,36+,37-,38-,39-/m0/s1. The van der Waals surface area contributed by atoms with Crippen molar-refractivity contribution in [3.05, 3.63) is 0 Å². The molecule has 1 aliphatic rings. The maximum Gasteiger partial charge on any atom is 0.313 e. The molecule has 0 radical (unpaired) electrons. The summed E-state index contributed by atoms with van der Waals surface area (Å²) in [5, 5.41) is 0.367. The van der Waals surface area contributed by atoms with Crippen LogP contribution in [0.3, 0.4) is 0 Å². The molecular weight excluding hydrogens is 709 g/mol. The molecule has 0 spiro atoms. The molecule has 306 valence electrons. The summed E-state index contributed by atoms with van der Waals surface area (Å²) in [6.07, 6.45) is 3.52. The second-order valence-corrected chi connectivity index (χ2v) is 42.0. The molecule has 1 heterocycles. The fraction of sp³-hybridized carbons (Fsp3) is 0.930. The zero-order valence-electron chi connectivity index (χ0n) is 38.8. The maximum absolute atomic E-state index is 13.4. The fourth-order valence-corrected chi connectivity index (χ4v) is 16.3. The highest BCUT2D eigenvalue weighted by Gasteiger charge is 2.52. The first-order valence-corrected chi connectivity index (χ1v) is 31.8. The first-order valence-electron chi connectivity index (χ1n) is 20.9. The van der Waals surface area contributed by atoms with Crippen molar-refractivity contribution in [1.82, 2.24) is 0 Å². The molecule has 0 saturated carbocycles. The number of carbonyl (C=O) groups excluding carboxylic acids is 1. The molecule has 0 aromatic carbocycles. The molecular formula is C43H88O5Si4. The molecule has 0 unspecified atom stereocenters. The minimum Gasteiger partial charge on any atom is -0.461 e. The van der Waals surface area contributed by atoms with E-state index in [1.165, 1.54) is 0 Å². The van der Waals surface area contributed by atoms with E-state index in [-0.39, 0.29) is 57.1 Å². The third-order valence-corrected chi connectivity index (χ3v) is 33.9. The van der Waals surface area contributed by atoms with Gasteiger partial charge in [0.05, 0.1) is 5.92 Å². The van der Waals surface area contributed by atoms with Crippen LogP contribution in [0.25, 0.3) is 0 Å². The van der Waals surface area contributed by atoms with Gasteiger partial charge in [0, 0.05) is 18.6 Å². The predicted octanol–water partition coefficient (Wildman–Crippen LogP) is 13.4. The molecule has 1 saturated heterocycles. The van der Waals surface area contributed by atoms with Crippen LogP contribution in [0.2, 0.25) is 71.0 Å². The Morgan fingerprint density at radius 1 is 0.673 bits per heavy atom. The quantitative estimate of drug-likeness (QED) is 0.0598. The number of hydrogen-bond acceptors (Lipinski definition) is 5. The number of cyclic esters (lactones) is 1. The average molecular weight is 798 g/mol. The van der Waals surface area contributed by atoms with Crippen molar-refractivity contribution in [2.24, 2.45) is 17.8 Å². The molecule has 0 bridgehead atoms. The first-order chi connectivity index (χ1) is 23.2. The number of rotatable bonds is 18. The van der Waals surface area contributed by atoms with Gasteiger partial charge < -0.3 is 18.0 Å². The number of ether oxygens (including phenoxy) is 1. The Labute approximate surface area is 329 Å². The molecule has 1 aliphatic heterocycles. The van der Waals surface area contributed by atoms with Crippen molar-refractivity contribution >= 4 is 39.0 Å². The van der Waals surface area contributed by atoms with Gasteiger partial charge in [0.2, 0.25) is 0 Å². The molecule has 1 fully saturated rings. The highest BCUT2D eigenvalue weighted by atomic mass is 28.4. The average Bonchev–Trinajstić information content (AvgIpc) is 2.92. The lowest BCUT2D eigenvalue weighted by atomic mass is 9.75. The van der Waals surface area contributed by atoms with E-state index in [1.54, 1.807) is 0 Å². The molecule has 0 aromatic rings. The van der Waals surface area contributed by atoms with Gasteiger partial charge in [-0.2, -0.15) is 0 Å². The lowest BCUT2D eigenvalue weighted by molar-refractivity contribution is -0.200. The van der Waals surface area contributed by atoms with E-state index in [0.717, 1.165) is 32.3 Å². The largest absolute Gasteiger partial charge is 0.461 e. The summed E-state index contributed by atoms with van der Waals surface area (Å²) in [6, 6.07) is 0. The topological polar surface area (TPSA) is 54.0 Å². The molecule has 52 heavy (non-hydrogen) atoms. The van der Waals surface area contributed by atoms with Crippen LogP contribution >= 0.6 is 0 Å². The zero-order valence-corrected chi connectivity index (χ0v) is 42.8. The summed E-state index contributed by atoms with van der Waals surface area (Å²) in [6.45, 7) is 54.2. The molecule has 9 heteroatoms. The van der Waals surface area contributed by atoms with E-state index in [2.05, 4.69) is 168 Å². The van der Waals surface area contributed by atoms with Gasteiger partial charge in [0.15, 0.2) is 25.0 Å². The lowest BCUT2D eigenvalue weighted by Crippen LogP contribution is -2.56. The normalized spacial score (nSPS) is 20.7. The summed E-state index contributed by atoms with van der Waals surface area (Å²) in [7, 11) is -7.97. The van der Waals surface area contributed by atoms with Gasteiger partial charge in [-0.3, -0.25) is 4.79 Å². The van der Waals surface area contributed by atoms with Crippen LogP contribution in [-0.4, -0.2) is 63.9 Å². The SMILES string of the molecule is CC(C)[Si](C#C[C@H](O[Si](C)(C)C(C)(C)C)[C@@H](C)[C@@H]1OC(=O)[C@H]1[C@@H](C)C[C@@H](CCCCO[Si](C)(C)C(C)(C)C)O[Si](C)(C)C(C)(C)C)(C(C)C)C(C)C. The van der Waals surface area contributed by atoms with E-state index < -0.39 is 33.0 Å². The summed E-state index contributed by atoms with van der Waals surface area (Å²) in [4.78, 5) is 13.4. The Balaban J connectivity index is 3.42. The van der Waals surface area contributed by atoms with Crippen molar-refractivity contribution in [2.75, 3.05) is 6.61 Å². The van der Waals surface area contributed by atoms with E-state index in [0.29, 0.717) is 16.6 Å². The second kappa shape index (κ2) is 18.4. The highest BCUT2D eigenvalue weighted by Crippen LogP contribution is 2.45. The summed E-state index contributed by atoms with van der Waals surface area (Å²) in [5.41, 5.74) is 5.60. The molecule has 0 amide bonds. The molecule has 5 nitrogen and oxygen atoms in total. The van der Waals surface area contributed by atoms with Crippen molar-refractivity contribution in [1.29, 1.82) is 0 Å². The summed E-state index contributed by atoms with van der Waals surface area (Å²) < 4.78 is 26.9. The van der Waals surface area contributed by atoms with E-state index in [1.807, 2.05) is 0 Å². The fourth-order valence-electron chi connectivity index (χ4n) is 7.30. The summed E-state index contributed by atoms with van der Waals surface area (Å²) >= 11 is 0. The smallest absolute Gasteiger partial charge is 0.313 e. The van der Waals surface area contributed by atoms with E-state index >= 15 is 0 Å². The van der Waals surface area contributed by atoms with Gasteiger partial charge in [0.25, 0.3) is 0 Å². The number of esters is 1. The number of unbranched alkanes of at least 4 members (excludes halogenated alkanes) is 1. The molecule has 6 atom stereocenters. The molecule has 0 aromatic heterocycles. The van der Waals surface area contributed by atoms with E-state index in [4.69, 9.17) is 18.0 Å². The number of hydrogen-bond donors (Lipinski definition) is 0. The van der Waals surface area contributed by atoms with Crippen molar-refractivity contribution < 1.29 is 22.8 Å². The van der Waals surface area contributed by atoms with Crippen molar-refractivity contribution in [3.63, 3.8) is 0 Å². The molecule has 0 aliphatic carbocycles. The molecule has 1 rings (SSSR count). The minimum absolute atomic E-state index is 0.0304. The maximum atomic E-state index is 13.4. The minimum atomic E-state index is -2.18. The van der Waals surface area contributed by atoms with Crippen LogP contribution in [0.4, 0.5) is 0 Å². The van der Waals surface area contributed by atoms with Crippen LogP contribution in [0.15, 0.2) is 0 Å². The summed E-state index contributed by atoms with van der Waals surface area (Å²) in [5.74, 6) is 3.65. The van der Waals surface area contributed by atoms with Gasteiger partial charge in [0.1, 0.15) is 20.3 Å². The second-order valence-electron chi connectivity index (χ2n) is 22.1. The Morgan fingerprint density at radius 2 is 1.12 bits per heavy atom. The first kappa shape index (κ1) is 49.8. The number of carbonyl (C=O) groups is 1. The van der Waals surface area contributed by atoms with Crippen molar-refractivity contribution in [3.8, 4) is 11.5 Å². The van der Waals surface area contributed by atoms with Gasteiger partial charge in [-0.15, -0.1) is 5.54 Å². The Morgan fingerprint density at radius 3 is 1.52 bits per heavy atom. The van der Waals surface area contributed by atoms with Crippen molar-refractivity contribution in [2.45, 2.75) is 233 Å². The Kier molecular flexibility index (Phi) is 17.6. The Bertz CT molecular complexity index is 1170. The van der Waals surface area contributed by atoms with Gasteiger partial charge in [-0.1, -0.05) is 124 Å². The molecule has 0 N–H and O–H groups in total.